The van der Waals surface area contributed by atoms with E-state index in [2.05, 4.69) is 5.32 Å². The number of benzene rings is 1. The lowest BCUT2D eigenvalue weighted by molar-refractivity contribution is 0.124. The number of piperazine rings is 1. The van der Waals surface area contributed by atoms with Crippen LogP contribution >= 0.6 is 0 Å². The molecule has 1 fully saturated rings. The van der Waals surface area contributed by atoms with Crippen molar-refractivity contribution in [2.45, 2.75) is 19.4 Å². The normalized spacial score (nSPS) is 18.3. The van der Waals surface area contributed by atoms with E-state index in [9.17, 15) is 4.79 Å². The van der Waals surface area contributed by atoms with Gasteiger partial charge in [0.2, 0.25) is 0 Å². The van der Waals surface area contributed by atoms with Gasteiger partial charge in [-0.2, -0.15) is 0 Å². The fourth-order valence-corrected chi connectivity index (χ4v) is 2.35. The number of carboxylic acid groups (broad SMARTS) is 1. The molecule has 116 valence electrons. The third-order valence-corrected chi connectivity index (χ3v) is 3.40. The molecule has 1 aromatic rings. The molecular weight excluding hydrogens is 272 g/mol. The first-order chi connectivity index (χ1) is 10.2. The summed E-state index contributed by atoms with van der Waals surface area (Å²) in [6, 6.07) is 7.70. The van der Waals surface area contributed by atoms with Crippen LogP contribution in [0.4, 0.5) is 4.79 Å². The zero-order chi connectivity index (χ0) is 15.1. The van der Waals surface area contributed by atoms with Gasteiger partial charge in [-0.05, 0) is 25.5 Å². The van der Waals surface area contributed by atoms with Crippen LogP contribution in [0.1, 0.15) is 13.3 Å². The van der Waals surface area contributed by atoms with E-state index in [1.54, 1.807) is 0 Å². The number of hydrogen-bond donors (Lipinski definition) is 2. The second-order valence-electron chi connectivity index (χ2n) is 4.90. The molecule has 0 aliphatic carbocycles. The molecule has 0 unspecified atom stereocenters. The lowest BCUT2D eigenvalue weighted by atomic mass is 10.1. The first kappa shape index (κ1) is 15.4. The van der Waals surface area contributed by atoms with Crippen LogP contribution < -0.4 is 14.8 Å². The van der Waals surface area contributed by atoms with Crippen LogP contribution in [0.15, 0.2) is 24.3 Å². The predicted molar refractivity (Wildman–Crippen MR) is 79.1 cm³/mol. The van der Waals surface area contributed by atoms with Crippen molar-refractivity contribution in [3.8, 4) is 11.5 Å². The summed E-state index contributed by atoms with van der Waals surface area (Å²) in [5.41, 5.74) is 0. The van der Waals surface area contributed by atoms with Gasteiger partial charge in [-0.1, -0.05) is 12.1 Å². The van der Waals surface area contributed by atoms with Crippen molar-refractivity contribution in [2.75, 3.05) is 32.8 Å². The second-order valence-corrected chi connectivity index (χ2v) is 4.90. The largest absolute Gasteiger partial charge is 0.490 e. The summed E-state index contributed by atoms with van der Waals surface area (Å²) in [5, 5.41) is 12.3. The first-order valence-corrected chi connectivity index (χ1v) is 7.26. The number of nitrogens with zero attached hydrogens (tertiary/aromatic N) is 1. The number of nitrogens with one attached hydrogen (secondary N) is 1. The maximum atomic E-state index is 11.0. The molecule has 1 heterocycles. The molecule has 0 aromatic heterocycles. The highest BCUT2D eigenvalue weighted by atomic mass is 16.5. The number of rotatable bonds is 6. The van der Waals surface area contributed by atoms with Crippen LogP contribution in [-0.2, 0) is 0 Å². The van der Waals surface area contributed by atoms with Crippen molar-refractivity contribution < 1.29 is 19.4 Å². The summed E-state index contributed by atoms with van der Waals surface area (Å²) in [5.74, 6) is 1.47. The van der Waals surface area contributed by atoms with Gasteiger partial charge in [0.15, 0.2) is 11.5 Å². The summed E-state index contributed by atoms with van der Waals surface area (Å²) in [6.45, 7) is 4.79. The molecule has 2 N–H and O–H groups in total. The Bertz CT molecular complexity index is 467. The molecule has 1 aliphatic rings. The van der Waals surface area contributed by atoms with E-state index in [1.165, 1.54) is 4.90 Å². The van der Waals surface area contributed by atoms with Crippen LogP contribution in [0.2, 0.25) is 0 Å². The number of carbonyl (C=O) groups is 1. The van der Waals surface area contributed by atoms with Crippen molar-refractivity contribution in [3.05, 3.63) is 24.3 Å². The molecule has 0 saturated carbocycles. The van der Waals surface area contributed by atoms with Crippen LogP contribution in [0.3, 0.4) is 0 Å². The first-order valence-electron chi connectivity index (χ1n) is 7.26. The van der Waals surface area contributed by atoms with Gasteiger partial charge in [0.25, 0.3) is 0 Å². The van der Waals surface area contributed by atoms with Gasteiger partial charge in [-0.15, -0.1) is 0 Å². The van der Waals surface area contributed by atoms with Gasteiger partial charge in [0.05, 0.1) is 13.2 Å². The molecular formula is C15H22N2O4. The monoisotopic (exact) mass is 294 g/mol. The minimum absolute atomic E-state index is 0.133. The van der Waals surface area contributed by atoms with Crippen molar-refractivity contribution in [2.24, 2.45) is 0 Å². The standard InChI is InChI=1S/C15H22N2O4/c1-2-20-13-5-3-4-6-14(13)21-10-7-12-11-17(15(18)19)9-8-16-12/h3-6,12,16H,2,7-11H2,1H3,(H,18,19)/t12-/m1/s1. The topological polar surface area (TPSA) is 71.0 Å². The Balaban J connectivity index is 1.80. The Morgan fingerprint density at radius 2 is 2.10 bits per heavy atom. The molecule has 6 heteroatoms. The Morgan fingerprint density at radius 1 is 1.38 bits per heavy atom. The molecule has 0 spiro atoms. The summed E-state index contributed by atoms with van der Waals surface area (Å²) >= 11 is 0. The minimum atomic E-state index is -0.857. The molecule has 1 aliphatic heterocycles. The van der Waals surface area contributed by atoms with Gasteiger partial charge < -0.3 is 24.8 Å². The molecule has 1 aromatic carbocycles. The average molecular weight is 294 g/mol. The molecule has 1 saturated heterocycles. The van der Waals surface area contributed by atoms with Crippen molar-refractivity contribution in [1.29, 1.82) is 0 Å². The van der Waals surface area contributed by atoms with Gasteiger partial charge >= 0.3 is 6.09 Å². The third-order valence-electron chi connectivity index (χ3n) is 3.40. The number of hydrogen-bond acceptors (Lipinski definition) is 4. The molecule has 6 nitrogen and oxygen atoms in total. The van der Waals surface area contributed by atoms with Crippen LogP contribution in [0.25, 0.3) is 0 Å². The quantitative estimate of drug-likeness (QED) is 0.837. The van der Waals surface area contributed by atoms with E-state index in [-0.39, 0.29) is 6.04 Å². The minimum Gasteiger partial charge on any atom is -0.490 e. The third kappa shape index (κ3) is 4.53. The van der Waals surface area contributed by atoms with Crippen LogP contribution in [-0.4, -0.2) is 55.0 Å². The summed E-state index contributed by atoms with van der Waals surface area (Å²) in [4.78, 5) is 12.4. The van der Waals surface area contributed by atoms with E-state index < -0.39 is 6.09 Å². The highest BCUT2D eigenvalue weighted by molar-refractivity contribution is 5.65. The molecule has 1 atom stereocenters. The second kappa shape index (κ2) is 7.73. The fraction of sp³-hybridized carbons (Fsp3) is 0.533. The smallest absolute Gasteiger partial charge is 0.407 e. The Labute approximate surface area is 124 Å². The molecule has 21 heavy (non-hydrogen) atoms. The van der Waals surface area contributed by atoms with Crippen LogP contribution in [0.5, 0.6) is 11.5 Å². The van der Waals surface area contributed by atoms with Gasteiger partial charge in [-0.25, -0.2) is 4.79 Å². The highest BCUT2D eigenvalue weighted by Gasteiger charge is 2.22. The molecule has 2 rings (SSSR count). The molecule has 0 bridgehead atoms. The van der Waals surface area contributed by atoms with Crippen molar-refractivity contribution in [1.82, 2.24) is 10.2 Å². The molecule has 1 amide bonds. The van der Waals surface area contributed by atoms with Gasteiger partial charge in [-0.3, -0.25) is 0 Å². The summed E-state index contributed by atoms with van der Waals surface area (Å²) in [6.07, 6.45) is -0.103. The SMILES string of the molecule is CCOc1ccccc1OCC[C@@H]1CN(C(=O)O)CCN1. The van der Waals surface area contributed by atoms with Gasteiger partial charge in [0.1, 0.15) is 0 Å². The van der Waals surface area contributed by atoms with E-state index >= 15 is 0 Å². The van der Waals surface area contributed by atoms with Crippen LogP contribution in [0, 0.1) is 0 Å². The lowest BCUT2D eigenvalue weighted by Gasteiger charge is -2.31. The van der Waals surface area contributed by atoms with E-state index in [4.69, 9.17) is 14.6 Å². The van der Waals surface area contributed by atoms with E-state index in [0.717, 1.165) is 17.9 Å². The Hall–Kier alpha value is -1.95. The number of amides is 1. The maximum absolute atomic E-state index is 11.0. The predicted octanol–water partition coefficient (Wildman–Crippen LogP) is 1.81. The lowest BCUT2D eigenvalue weighted by Crippen LogP contribution is -2.52. The fourth-order valence-electron chi connectivity index (χ4n) is 2.35. The zero-order valence-electron chi connectivity index (χ0n) is 12.2. The van der Waals surface area contributed by atoms with Crippen molar-refractivity contribution in [3.63, 3.8) is 0 Å². The average Bonchev–Trinajstić information content (AvgIpc) is 2.49. The number of para-hydroxylation sites is 2. The number of ether oxygens (including phenoxy) is 2. The van der Waals surface area contributed by atoms with E-state index in [0.29, 0.717) is 32.8 Å². The van der Waals surface area contributed by atoms with E-state index in [1.807, 2.05) is 31.2 Å². The molecule has 0 radical (unpaired) electrons. The zero-order valence-corrected chi connectivity index (χ0v) is 12.2. The van der Waals surface area contributed by atoms with Gasteiger partial charge in [0, 0.05) is 25.7 Å². The summed E-state index contributed by atoms with van der Waals surface area (Å²) < 4.78 is 11.3. The van der Waals surface area contributed by atoms with Crippen molar-refractivity contribution >= 4 is 6.09 Å². The summed E-state index contributed by atoms with van der Waals surface area (Å²) in [7, 11) is 0. The maximum Gasteiger partial charge on any atom is 0.407 e. The highest BCUT2D eigenvalue weighted by Crippen LogP contribution is 2.26. The Morgan fingerprint density at radius 3 is 2.76 bits per heavy atom. The Kier molecular flexibility index (Phi) is 5.68.